The molecule has 0 saturated heterocycles. The number of ether oxygens (including phenoxy) is 2. The van der Waals surface area contributed by atoms with Gasteiger partial charge in [0, 0.05) is 21.9 Å². The number of hydrogen-bond acceptors (Lipinski definition) is 2. The first kappa shape index (κ1) is 24.2. The van der Waals surface area contributed by atoms with Crippen LogP contribution in [0.2, 0.25) is 0 Å². The van der Waals surface area contributed by atoms with Crippen molar-refractivity contribution in [3.8, 4) is 11.5 Å². The molecule has 0 aliphatic rings. The molecule has 33 heavy (non-hydrogen) atoms. The SMILES string of the molecule is COc1cccc2c(O/C(C)=C(F)/C(F)=C(\CF)c3c(F)c(F)c(C)c(F)c3F)cccc12. The second-order valence-corrected chi connectivity index (χ2v) is 6.97. The quantitative estimate of drug-likeness (QED) is 0.160. The van der Waals surface area contributed by atoms with E-state index in [0.29, 0.717) is 16.5 Å². The van der Waals surface area contributed by atoms with Crippen LogP contribution < -0.4 is 9.47 Å². The van der Waals surface area contributed by atoms with Gasteiger partial charge in [0.05, 0.1) is 12.7 Å². The van der Waals surface area contributed by atoms with E-state index < -0.39 is 64.1 Å². The van der Waals surface area contributed by atoms with Gasteiger partial charge < -0.3 is 9.47 Å². The van der Waals surface area contributed by atoms with Gasteiger partial charge in [-0.25, -0.2) is 26.3 Å². The lowest BCUT2D eigenvalue weighted by Crippen LogP contribution is -2.08. The summed E-state index contributed by atoms with van der Waals surface area (Å²) in [7, 11) is 1.45. The highest BCUT2D eigenvalue weighted by Crippen LogP contribution is 2.36. The molecule has 0 heterocycles. The highest BCUT2D eigenvalue weighted by Gasteiger charge is 2.29. The highest BCUT2D eigenvalue weighted by atomic mass is 19.2. The van der Waals surface area contributed by atoms with Gasteiger partial charge in [0.1, 0.15) is 23.9 Å². The number of fused-ring (bicyclic) bond motifs is 1. The topological polar surface area (TPSA) is 18.5 Å². The Bertz CT molecular complexity index is 1270. The Morgan fingerprint density at radius 2 is 1.30 bits per heavy atom. The standard InChI is InChI=1S/C24H17F7O2/c1-11-19(26)23(30)18(24(31)20(11)27)15(10-25)22(29)21(28)12(2)33-17-9-5-6-13-14(17)7-4-8-16(13)32-3/h4-9H,10H2,1-3H3/b21-12-,22-15-. The van der Waals surface area contributed by atoms with Crippen molar-refractivity contribution >= 4 is 16.3 Å². The Morgan fingerprint density at radius 3 is 1.82 bits per heavy atom. The molecule has 174 valence electrons. The number of hydrogen-bond donors (Lipinski definition) is 0. The summed E-state index contributed by atoms with van der Waals surface area (Å²) in [6.07, 6.45) is 0. The molecule has 0 aliphatic carbocycles. The van der Waals surface area contributed by atoms with Crippen LogP contribution in [0.3, 0.4) is 0 Å². The van der Waals surface area contributed by atoms with E-state index in [4.69, 9.17) is 9.47 Å². The van der Waals surface area contributed by atoms with Crippen molar-refractivity contribution in [2.24, 2.45) is 0 Å². The number of alkyl halides is 1. The van der Waals surface area contributed by atoms with Crippen LogP contribution in [-0.2, 0) is 0 Å². The van der Waals surface area contributed by atoms with E-state index in [-0.39, 0.29) is 5.75 Å². The Morgan fingerprint density at radius 1 is 0.788 bits per heavy atom. The van der Waals surface area contributed by atoms with Gasteiger partial charge in [0.25, 0.3) is 0 Å². The number of halogens is 7. The molecule has 0 aliphatic heterocycles. The smallest absolute Gasteiger partial charge is 0.197 e. The Kier molecular flexibility index (Phi) is 7.00. The fraction of sp³-hybridized carbons (Fsp3) is 0.167. The van der Waals surface area contributed by atoms with Crippen LogP contribution in [0.15, 0.2) is 53.8 Å². The van der Waals surface area contributed by atoms with Crippen LogP contribution in [0.4, 0.5) is 30.7 Å². The normalized spacial score (nSPS) is 13.0. The molecule has 0 radical (unpaired) electrons. The molecule has 0 N–H and O–H groups in total. The maximum Gasteiger partial charge on any atom is 0.197 e. The van der Waals surface area contributed by atoms with Crippen molar-refractivity contribution in [2.75, 3.05) is 13.8 Å². The van der Waals surface area contributed by atoms with Crippen LogP contribution in [0.5, 0.6) is 11.5 Å². The summed E-state index contributed by atoms with van der Waals surface area (Å²) in [6.45, 7) is -0.214. The number of allylic oxidation sites excluding steroid dienone is 4. The monoisotopic (exact) mass is 470 g/mol. The van der Waals surface area contributed by atoms with Gasteiger partial charge >= 0.3 is 0 Å². The molecule has 0 saturated carbocycles. The number of methoxy groups -OCH3 is 1. The molecule has 0 amide bonds. The Labute approximate surface area is 184 Å². The van der Waals surface area contributed by atoms with Crippen LogP contribution in [-0.4, -0.2) is 13.8 Å². The van der Waals surface area contributed by atoms with E-state index in [1.807, 2.05) is 0 Å². The van der Waals surface area contributed by atoms with Crippen LogP contribution in [0, 0.1) is 30.2 Å². The number of rotatable bonds is 6. The minimum Gasteiger partial charge on any atom is -0.496 e. The van der Waals surface area contributed by atoms with Gasteiger partial charge in [-0.3, -0.25) is 0 Å². The van der Waals surface area contributed by atoms with Gasteiger partial charge in [-0.05, 0) is 26.0 Å². The predicted molar refractivity (Wildman–Crippen MR) is 110 cm³/mol. The molecule has 0 spiro atoms. The summed E-state index contributed by atoms with van der Waals surface area (Å²) in [5.74, 6) is -11.8. The van der Waals surface area contributed by atoms with E-state index in [2.05, 4.69) is 0 Å². The lowest BCUT2D eigenvalue weighted by atomic mass is 10.0. The second kappa shape index (κ2) is 9.56. The van der Waals surface area contributed by atoms with Crippen molar-refractivity contribution in [3.63, 3.8) is 0 Å². The minimum absolute atomic E-state index is 0.0819. The molecular formula is C24H17F7O2. The summed E-state index contributed by atoms with van der Waals surface area (Å²) in [5, 5.41) is 1.07. The van der Waals surface area contributed by atoms with Crippen LogP contribution >= 0.6 is 0 Å². The van der Waals surface area contributed by atoms with E-state index >= 15 is 0 Å². The first-order valence-corrected chi connectivity index (χ1v) is 9.51. The van der Waals surface area contributed by atoms with E-state index in [1.54, 1.807) is 30.3 Å². The third kappa shape index (κ3) is 4.27. The largest absolute Gasteiger partial charge is 0.496 e. The molecule has 3 aromatic carbocycles. The van der Waals surface area contributed by atoms with Gasteiger partial charge in [0.2, 0.25) is 0 Å². The van der Waals surface area contributed by atoms with Crippen molar-refractivity contribution in [1.82, 2.24) is 0 Å². The van der Waals surface area contributed by atoms with E-state index in [1.165, 1.54) is 13.2 Å². The van der Waals surface area contributed by atoms with Crippen molar-refractivity contribution in [3.05, 3.63) is 88.2 Å². The highest BCUT2D eigenvalue weighted by molar-refractivity contribution is 5.93. The van der Waals surface area contributed by atoms with Crippen LogP contribution in [0.1, 0.15) is 18.1 Å². The third-order valence-electron chi connectivity index (χ3n) is 5.01. The zero-order valence-electron chi connectivity index (χ0n) is 17.6. The molecule has 9 heteroatoms. The molecule has 0 unspecified atom stereocenters. The molecule has 3 aromatic rings. The van der Waals surface area contributed by atoms with Gasteiger partial charge in [-0.15, -0.1) is 0 Å². The molecule has 0 bridgehead atoms. The fourth-order valence-electron chi connectivity index (χ4n) is 3.26. The zero-order valence-corrected chi connectivity index (χ0v) is 17.6. The average molecular weight is 470 g/mol. The summed E-state index contributed by atoms with van der Waals surface area (Å²) < 4.78 is 110. The van der Waals surface area contributed by atoms with Crippen LogP contribution in [0.25, 0.3) is 16.3 Å². The summed E-state index contributed by atoms with van der Waals surface area (Å²) >= 11 is 0. The lowest BCUT2D eigenvalue weighted by molar-refractivity contribution is 0.392. The molecule has 0 aromatic heterocycles. The molecule has 3 rings (SSSR count). The van der Waals surface area contributed by atoms with Gasteiger partial charge in [-0.2, -0.15) is 4.39 Å². The molecule has 0 atom stereocenters. The lowest BCUT2D eigenvalue weighted by Gasteiger charge is -2.14. The first-order chi connectivity index (χ1) is 15.6. The van der Waals surface area contributed by atoms with Crippen molar-refractivity contribution in [2.45, 2.75) is 13.8 Å². The minimum atomic E-state index is -2.06. The van der Waals surface area contributed by atoms with Crippen molar-refractivity contribution in [1.29, 1.82) is 0 Å². The zero-order chi connectivity index (χ0) is 24.4. The van der Waals surface area contributed by atoms with E-state index in [9.17, 15) is 30.7 Å². The van der Waals surface area contributed by atoms with E-state index in [0.717, 1.165) is 13.8 Å². The first-order valence-electron chi connectivity index (χ1n) is 9.51. The predicted octanol–water partition coefficient (Wildman–Crippen LogP) is 7.64. The maximum absolute atomic E-state index is 14.8. The molecule has 2 nitrogen and oxygen atoms in total. The second-order valence-electron chi connectivity index (χ2n) is 6.97. The number of benzene rings is 3. The Balaban J connectivity index is 2.13. The van der Waals surface area contributed by atoms with Gasteiger partial charge in [-0.1, -0.05) is 24.3 Å². The Hall–Kier alpha value is -3.49. The average Bonchev–Trinajstić information content (AvgIpc) is 2.83. The molecule has 0 fully saturated rings. The molecular weight excluding hydrogens is 453 g/mol. The fourth-order valence-corrected chi connectivity index (χ4v) is 3.26. The maximum atomic E-state index is 14.8. The third-order valence-corrected chi connectivity index (χ3v) is 5.01. The van der Waals surface area contributed by atoms with Gasteiger partial charge in [0.15, 0.2) is 34.9 Å². The van der Waals surface area contributed by atoms with Crippen molar-refractivity contribution < 1.29 is 40.2 Å². The summed E-state index contributed by atoms with van der Waals surface area (Å²) in [5.41, 5.74) is -4.23. The summed E-state index contributed by atoms with van der Waals surface area (Å²) in [4.78, 5) is 0. The summed E-state index contributed by atoms with van der Waals surface area (Å²) in [6, 6.07) is 9.64.